The van der Waals surface area contributed by atoms with Crippen molar-refractivity contribution in [2.45, 2.75) is 0 Å². The number of benzene rings is 2. The first-order chi connectivity index (χ1) is 11.6. The van der Waals surface area contributed by atoms with E-state index in [-0.39, 0.29) is 29.0 Å². The van der Waals surface area contributed by atoms with Crippen molar-refractivity contribution in [2.75, 3.05) is 16.8 Å². The number of carbonyl (C=O) groups excluding carboxylic acids is 2. The zero-order valence-corrected chi connectivity index (χ0v) is 13.4. The number of ketones is 1. The van der Waals surface area contributed by atoms with Gasteiger partial charge in [0.2, 0.25) is 11.7 Å². The van der Waals surface area contributed by atoms with Gasteiger partial charge in [0.25, 0.3) is 0 Å². The van der Waals surface area contributed by atoms with Gasteiger partial charge in [-0.05, 0) is 36.4 Å². The number of thioether (sulfide) groups is 1. The summed E-state index contributed by atoms with van der Waals surface area (Å²) >= 11 is 1.20. The number of halogens is 1. The Kier molecular flexibility index (Phi) is 4.96. The van der Waals surface area contributed by atoms with Crippen LogP contribution in [0.15, 0.2) is 59.0 Å². The lowest BCUT2D eigenvalue weighted by molar-refractivity contribution is -0.113. The van der Waals surface area contributed by atoms with Gasteiger partial charge in [-0.3, -0.25) is 9.59 Å². The second-order valence-electron chi connectivity index (χ2n) is 5.12. The third-order valence-electron chi connectivity index (χ3n) is 3.29. The molecule has 0 aliphatic carbocycles. The molecular weight excluding hydrogens is 329 g/mol. The van der Waals surface area contributed by atoms with E-state index in [1.165, 1.54) is 36.0 Å². The summed E-state index contributed by atoms with van der Waals surface area (Å²) in [5.41, 5.74) is 1.19. The molecule has 0 atom stereocenters. The number of nitrogens with one attached hydrogen (secondary N) is 1. The Morgan fingerprint density at radius 3 is 2.54 bits per heavy atom. The van der Waals surface area contributed by atoms with Crippen molar-refractivity contribution in [3.05, 3.63) is 66.2 Å². The van der Waals surface area contributed by atoms with Crippen LogP contribution in [0, 0.1) is 5.82 Å². The fraction of sp³-hybridized carbons (Fsp3) is 0.111. The van der Waals surface area contributed by atoms with Crippen LogP contribution in [0.3, 0.4) is 0 Å². The lowest BCUT2D eigenvalue weighted by Crippen LogP contribution is -2.15. The predicted molar refractivity (Wildman–Crippen MR) is 92.9 cm³/mol. The first kappa shape index (κ1) is 16.3. The molecule has 0 aliphatic rings. The molecule has 24 heavy (non-hydrogen) atoms. The maximum absolute atomic E-state index is 12.8. The minimum atomic E-state index is -0.362. The van der Waals surface area contributed by atoms with E-state index in [1.807, 2.05) is 18.2 Å². The van der Waals surface area contributed by atoms with E-state index in [1.54, 1.807) is 12.1 Å². The molecule has 6 heteroatoms. The van der Waals surface area contributed by atoms with Crippen LogP contribution in [0.5, 0.6) is 0 Å². The molecule has 0 aliphatic heterocycles. The standard InChI is InChI=1S/C18H14FNO3S/c19-13-5-7-14(8-6-13)20-18(22)11-24-10-15(21)17-9-12-3-1-2-4-16(12)23-17/h1-9H,10-11H2,(H,20,22). The van der Waals surface area contributed by atoms with E-state index in [0.29, 0.717) is 17.0 Å². The van der Waals surface area contributed by atoms with E-state index >= 15 is 0 Å². The van der Waals surface area contributed by atoms with Gasteiger partial charge in [0.1, 0.15) is 11.4 Å². The highest BCUT2D eigenvalue weighted by atomic mass is 32.2. The number of furan rings is 1. The van der Waals surface area contributed by atoms with Gasteiger partial charge in [-0.25, -0.2) is 4.39 Å². The Morgan fingerprint density at radius 2 is 1.79 bits per heavy atom. The summed E-state index contributed by atoms with van der Waals surface area (Å²) in [6.45, 7) is 0. The quantitative estimate of drug-likeness (QED) is 0.684. The Bertz CT molecular complexity index is 840. The molecule has 1 N–H and O–H groups in total. The van der Waals surface area contributed by atoms with Crippen molar-refractivity contribution in [2.24, 2.45) is 0 Å². The summed E-state index contributed by atoms with van der Waals surface area (Å²) in [5, 5.41) is 3.52. The highest BCUT2D eigenvalue weighted by Crippen LogP contribution is 2.20. The zero-order chi connectivity index (χ0) is 16.9. The van der Waals surface area contributed by atoms with Crippen molar-refractivity contribution in [3.8, 4) is 0 Å². The Balaban J connectivity index is 1.49. The first-order valence-corrected chi connectivity index (χ1v) is 8.42. The molecule has 2 aromatic carbocycles. The minimum absolute atomic E-state index is 0.128. The van der Waals surface area contributed by atoms with Gasteiger partial charge >= 0.3 is 0 Å². The smallest absolute Gasteiger partial charge is 0.234 e. The maximum atomic E-state index is 12.8. The van der Waals surface area contributed by atoms with E-state index in [0.717, 1.165) is 5.39 Å². The van der Waals surface area contributed by atoms with E-state index in [4.69, 9.17) is 4.42 Å². The van der Waals surface area contributed by atoms with Gasteiger partial charge in [-0.15, -0.1) is 11.8 Å². The predicted octanol–water partition coefficient (Wildman–Crippen LogP) is 4.13. The molecule has 0 saturated heterocycles. The molecule has 1 amide bonds. The van der Waals surface area contributed by atoms with Gasteiger partial charge in [-0.2, -0.15) is 0 Å². The lowest BCUT2D eigenvalue weighted by atomic mass is 10.2. The van der Waals surface area contributed by atoms with Crippen LogP contribution in [0.25, 0.3) is 11.0 Å². The Hall–Kier alpha value is -2.60. The highest BCUT2D eigenvalue weighted by molar-refractivity contribution is 8.00. The topological polar surface area (TPSA) is 59.3 Å². The molecule has 3 rings (SSSR count). The number of Topliss-reactive ketones (excluding diaryl/α,β-unsaturated/α-hetero) is 1. The number of para-hydroxylation sites is 1. The summed E-state index contributed by atoms with van der Waals surface area (Å²) in [7, 11) is 0. The molecule has 0 unspecified atom stereocenters. The Morgan fingerprint density at radius 1 is 1.04 bits per heavy atom. The van der Waals surface area contributed by atoms with E-state index < -0.39 is 0 Å². The van der Waals surface area contributed by atoms with Gasteiger partial charge in [-0.1, -0.05) is 18.2 Å². The molecule has 4 nitrogen and oxygen atoms in total. The fourth-order valence-corrected chi connectivity index (χ4v) is 2.84. The SMILES string of the molecule is O=C(CSCC(=O)c1cc2ccccc2o1)Nc1ccc(F)cc1. The van der Waals surface area contributed by atoms with E-state index in [9.17, 15) is 14.0 Å². The fourth-order valence-electron chi connectivity index (χ4n) is 2.16. The van der Waals surface area contributed by atoms with Crippen LogP contribution in [0.4, 0.5) is 10.1 Å². The average molecular weight is 343 g/mol. The van der Waals surface area contributed by atoms with Crippen LogP contribution in [0.1, 0.15) is 10.6 Å². The summed E-state index contributed by atoms with van der Waals surface area (Å²) in [6, 6.07) is 14.6. The summed E-state index contributed by atoms with van der Waals surface area (Å²) in [6.07, 6.45) is 0. The van der Waals surface area contributed by atoms with Gasteiger partial charge in [0.05, 0.1) is 11.5 Å². The number of hydrogen-bond donors (Lipinski definition) is 1. The second-order valence-corrected chi connectivity index (χ2v) is 6.11. The molecule has 122 valence electrons. The van der Waals surface area contributed by atoms with Crippen molar-refractivity contribution >= 4 is 40.1 Å². The number of carbonyl (C=O) groups is 2. The first-order valence-electron chi connectivity index (χ1n) is 7.27. The van der Waals surface area contributed by atoms with Crippen LogP contribution in [-0.4, -0.2) is 23.2 Å². The average Bonchev–Trinajstić information content (AvgIpc) is 3.01. The van der Waals surface area contributed by atoms with Crippen LogP contribution in [0.2, 0.25) is 0 Å². The molecule has 0 saturated carbocycles. The monoisotopic (exact) mass is 343 g/mol. The molecule has 0 fully saturated rings. The lowest BCUT2D eigenvalue weighted by Gasteiger charge is -2.04. The molecular formula is C18H14FNO3S. The number of rotatable bonds is 6. The molecule has 1 aromatic heterocycles. The molecule has 1 heterocycles. The van der Waals surface area contributed by atoms with Crippen molar-refractivity contribution in [3.63, 3.8) is 0 Å². The molecule has 0 spiro atoms. The van der Waals surface area contributed by atoms with Crippen LogP contribution in [-0.2, 0) is 4.79 Å². The second kappa shape index (κ2) is 7.31. The van der Waals surface area contributed by atoms with Crippen molar-refractivity contribution < 1.29 is 18.4 Å². The van der Waals surface area contributed by atoms with Gasteiger partial charge < -0.3 is 9.73 Å². The maximum Gasteiger partial charge on any atom is 0.234 e. The third-order valence-corrected chi connectivity index (χ3v) is 4.23. The molecule has 3 aromatic rings. The van der Waals surface area contributed by atoms with Gasteiger partial charge in [0, 0.05) is 11.1 Å². The molecule has 0 radical (unpaired) electrons. The zero-order valence-electron chi connectivity index (χ0n) is 12.6. The third kappa shape index (κ3) is 4.02. The largest absolute Gasteiger partial charge is 0.453 e. The number of fused-ring (bicyclic) bond motifs is 1. The normalized spacial score (nSPS) is 10.7. The Labute approximate surface area is 142 Å². The van der Waals surface area contributed by atoms with E-state index in [2.05, 4.69) is 5.32 Å². The van der Waals surface area contributed by atoms with Crippen LogP contribution < -0.4 is 5.32 Å². The highest BCUT2D eigenvalue weighted by Gasteiger charge is 2.13. The molecule has 0 bridgehead atoms. The summed E-state index contributed by atoms with van der Waals surface area (Å²) in [5.74, 6) is -0.198. The van der Waals surface area contributed by atoms with Crippen molar-refractivity contribution in [1.82, 2.24) is 0 Å². The number of anilines is 1. The summed E-state index contributed by atoms with van der Waals surface area (Å²) < 4.78 is 18.3. The minimum Gasteiger partial charge on any atom is -0.453 e. The number of hydrogen-bond acceptors (Lipinski definition) is 4. The van der Waals surface area contributed by atoms with Crippen molar-refractivity contribution in [1.29, 1.82) is 0 Å². The van der Waals surface area contributed by atoms with Crippen LogP contribution >= 0.6 is 11.8 Å². The number of amides is 1. The van der Waals surface area contributed by atoms with Gasteiger partial charge in [0.15, 0.2) is 5.76 Å². The summed E-state index contributed by atoms with van der Waals surface area (Å²) in [4.78, 5) is 23.9.